The number of benzene rings is 4. The topological polar surface area (TPSA) is 9.23 Å². The average Bonchev–Trinajstić information content (AvgIpc) is 2.86. The van der Waals surface area contributed by atoms with Gasteiger partial charge in [-0.3, -0.25) is 0 Å². The van der Waals surface area contributed by atoms with Crippen molar-refractivity contribution in [1.29, 1.82) is 0 Å². The summed E-state index contributed by atoms with van der Waals surface area (Å²) in [5.74, 6) is 5.68. The molecule has 0 aliphatic carbocycles. The molecule has 0 aliphatic rings. The molecule has 0 aliphatic heterocycles. The lowest BCUT2D eigenvalue weighted by Gasteiger charge is -2.04. The van der Waals surface area contributed by atoms with E-state index in [0.717, 1.165) is 6.07 Å². The fourth-order valence-corrected chi connectivity index (χ4v) is 3.61. The van der Waals surface area contributed by atoms with E-state index in [4.69, 9.17) is 4.74 Å². The molecule has 4 rings (SSSR count). The van der Waals surface area contributed by atoms with Crippen LogP contribution >= 0.6 is 0 Å². The summed E-state index contributed by atoms with van der Waals surface area (Å²) >= 11 is 0. The summed E-state index contributed by atoms with van der Waals surface area (Å²) < 4.78 is 74.4. The Balaban J connectivity index is 1.50. The molecule has 0 fully saturated rings. The maximum absolute atomic E-state index is 14.4. The first-order valence-corrected chi connectivity index (χ1v) is 11.0. The Morgan fingerprint density at radius 2 is 1.22 bits per heavy atom. The molecule has 4 aromatic carbocycles. The highest BCUT2D eigenvalue weighted by Gasteiger charge is 2.13. The summed E-state index contributed by atoms with van der Waals surface area (Å²) in [6.07, 6.45) is 1.16. The van der Waals surface area contributed by atoms with Crippen molar-refractivity contribution in [1.82, 2.24) is 0 Å². The first-order valence-electron chi connectivity index (χ1n) is 11.0. The van der Waals surface area contributed by atoms with E-state index < -0.39 is 29.1 Å². The molecule has 0 bridgehead atoms. The third-order valence-electron chi connectivity index (χ3n) is 5.46. The molecule has 0 radical (unpaired) electrons. The minimum Gasteiger partial charge on any atom is -0.385 e. The van der Waals surface area contributed by atoms with Gasteiger partial charge in [-0.05, 0) is 78.4 Å². The van der Waals surface area contributed by atoms with Crippen molar-refractivity contribution in [2.45, 2.75) is 12.8 Å². The number of aryl methyl sites for hydroxylation is 1. The van der Waals surface area contributed by atoms with Gasteiger partial charge in [0.25, 0.3) is 0 Å². The van der Waals surface area contributed by atoms with Gasteiger partial charge in [0.1, 0.15) is 11.6 Å². The predicted molar refractivity (Wildman–Crippen MR) is 129 cm³/mol. The molecule has 180 valence electrons. The third kappa shape index (κ3) is 5.74. The van der Waals surface area contributed by atoms with Crippen LogP contribution in [0.15, 0.2) is 60.7 Å². The normalized spacial score (nSPS) is 10.5. The Labute approximate surface area is 205 Å². The quantitative estimate of drug-likeness (QED) is 0.131. The van der Waals surface area contributed by atoms with E-state index in [1.54, 1.807) is 31.4 Å². The van der Waals surface area contributed by atoms with Gasteiger partial charge in [0, 0.05) is 35.8 Å². The highest BCUT2D eigenvalue weighted by Crippen LogP contribution is 2.24. The van der Waals surface area contributed by atoms with Gasteiger partial charge in [-0.25, -0.2) is 22.0 Å². The Morgan fingerprint density at radius 3 is 1.86 bits per heavy atom. The molecule has 0 heterocycles. The Hall–Kier alpha value is -4.13. The fourth-order valence-electron chi connectivity index (χ4n) is 3.61. The number of ether oxygens (including phenoxy) is 1. The molecular weight excluding hydrogens is 471 g/mol. The van der Waals surface area contributed by atoms with Crippen LogP contribution in [-0.4, -0.2) is 13.7 Å². The second-order valence-electron chi connectivity index (χ2n) is 8.03. The number of methoxy groups -OCH3 is 1. The second-order valence-corrected chi connectivity index (χ2v) is 8.03. The monoisotopic (exact) mass is 490 g/mol. The summed E-state index contributed by atoms with van der Waals surface area (Å²) in [7, 11) is 1.57. The molecule has 6 heteroatoms. The van der Waals surface area contributed by atoms with E-state index in [0.29, 0.717) is 41.7 Å². The molecule has 0 N–H and O–H groups in total. The summed E-state index contributed by atoms with van der Waals surface area (Å²) in [5, 5.41) is 0.169. The maximum atomic E-state index is 14.4. The molecule has 1 nitrogen and oxygen atoms in total. The van der Waals surface area contributed by atoms with Crippen LogP contribution in [0.25, 0.3) is 10.8 Å². The number of hydrogen-bond acceptors (Lipinski definition) is 1. The molecule has 36 heavy (non-hydrogen) atoms. The zero-order chi connectivity index (χ0) is 25.7. The molecule has 0 saturated heterocycles. The number of halogens is 5. The van der Waals surface area contributed by atoms with Crippen LogP contribution < -0.4 is 0 Å². The number of fused-ring (bicyclic) bond motifs is 1. The van der Waals surface area contributed by atoms with Crippen molar-refractivity contribution in [2.75, 3.05) is 13.7 Å². The Kier molecular flexibility index (Phi) is 7.68. The molecule has 4 aromatic rings. The van der Waals surface area contributed by atoms with E-state index >= 15 is 0 Å². The van der Waals surface area contributed by atoms with Gasteiger partial charge >= 0.3 is 0 Å². The van der Waals surface area contributed by atoms with Gasteiger partial charge in [-0.2, -0.15) is 0 Å². The SMILES string of the molecule is COCCCc1cc(F)c(C#Cc2ccc(C#Cc3ccc4c(F)c(F)c(F)cc4c3)cc2)c(F)c1. The smallest absolute Gasteiger partial charge is 0.195 e. The molecule has 0 unspecified atom stereocenters. The van der Waals surface area contributed by atoms with Crippen molar-refractivity contribution in [2.24, 2.45) is 0 Å². The van der Waals surface area contributed by atoms with Crippen LogP contribution in [0, 0.1) is 52.8 Å². The second kappa shape index (κ2) is 11.1. The Morgan fingerprint density at radius 1 is 0.639 bits per heavy atom. The molecule has 0 saturated carbocycles. The standard InChI is InChI=1S/C30H19F5O/c1-36-14-2-3-22-16-26(31)25(27(32)17-22)13-10-20-6-4-19(5-7-20)8-9-21-11-12-24-23(15-21)18-28(33)30(35)29(24)34/h4-7,11-12,15-18H,2-3,14H2,1H3. The maximum Gasteiger partial charge on any atom is 0.195 e. The first kappa shape index (κ1) is 25.0. The zero-order valence-electron chi connectivity index (χ0n) is 19.2. The van der Waals surface area contributed by atoms with Crippen molar-refractivity contribution >= 4 is 10.8 Å². The lowest BCUT2D eigenvalue weighted by molar-refractivity contribution is 0.195. The predicted octanol–water partition coefficient (Wildman–Crippen LogP) is 6.91. The molecular formula is C30H19F5O. The zero-order valence-corrected chi connectivity index (χ0v) is 19.2. The van der Waals surface area contributed by atoms with Gasteiger partial charge < -0.3 is 4.74 Å². The highest BCUT2D eigenvalue weighted by molar-refractivity contribution is 5.84. The van der Waals surface area contributed by atoms with E-state index in [1.807, 2.05) is 0 Å². The minimum absolute atomic E-state index is 0.0315. The molecule has 0 amide bonds. The first-order chi connectivity index (χ1) is 17.4. The van der Waals surface area contributed by atoms with E-state index in [2.05, 4.69) is 23.7 Å². The fraction of sp³-hybridized carbons (Fsp3) is 0.133. The summed E-state index contributed by atoms with van der Waals surface area (Å²) in [4.78, 5) is 0. The van der Waals surface area contributed by atoms with Crippen molar-refractivity contribution in [3.63, 3.8) is 0 Å². The van der Waals surface area contributed by atoms with Gasteiger partial charge in [0.15, 0.2) is 17.5 Å². The molecule has 0 aromatic heterocycles. The van der Waals surface area contributed by atoms with Crippen LogP contribution in [-0.2, 0) is 11.2 Å². The third-order valence-corrected chi connectivity index (χ3v) is 5.46. The molecule has 0 atom stereocenters. The molecule has 0 spiro atoms. The number of hydrogen-bond donors (Lipinski definition) is 0. The van der Waals surface area contributed by atoms with Gasteiger partial charge in [-0.1, -0.05) is 29.7 Å². The van der Waals surface area contributed by atoms with Crippen molar-refractivity contribution in [3.05, 3.63) is 118 Å². The van der Waals surface area contributed by atoms with Gasteiger partial charge in [0.05, 0.1) is 5.56 Å². The van der Waals surface area contributed by atoms with Crippen LogP contribution in [0.5, 0.6) is 0 Å². The van der Waals surface area contributed by atoms with Crippen LogP contribution in [0.4, 0.5) is 22.0 Å². The van der Waals surface area contributed by atoms with Crippen molar-refractivity contribution in [3.8, 4) is 23.7 Å². The lowest BCUT2D eigenvalue weighted by atomic mass is 10.1. The average molecular weight is 490 g/mol. The lowest BCUT2D eigenvalue weighted by Crippen LogP contribution is -1.97. The van der Waals surface area contributed by atoms with E-state index in [1.165, 1.54) is 30.3 Å². The minimum atomic E-state index is -1.51. The van der Waals surface area contributed by atoms with Crippen LogP contribution in [0.1, 0.15) is 34.2 Å². The van der Waals surface area contributed by atoms with Gasteiger partial charge in [0.2, 0.25) is 0 Å². The Bertz CT molecular complexity index is 1530. The number of rotatable bonds is 4. The summed E-state index contributed by atoms with van der Waals surface area (Å²) in [6.45, 7) is 0.509. The van der Waals surface area contributed by atoms with Crippen LogP contribution in [0.3, 0.4) is 0 Å². The van der Waals surface area contributed by atoms with E-state index in [-0.39, 0.29) is 16.3 Å². The van der Waals surface area contributed by atoms with Gasteiger partial charge in [-0.15, -0.1) is 0 Å². The summed E-state index contributed by atoms with van der Waals surface area (Å²) in [6, 6.07) is 14.5. The van der Waals surface area contributed by atoms with E-state index in [9.17, 15) is 22.0 Å². The van der Waals surface area contributed by atoms with Crippen molar-refractivity contribution < 1.29 is 26.7 Å². The summed E-state index contributed by atoms with van der Waals surface area (Å²) in [5.41, 5.74) is 1.92. The highest BCUT2D eigenvalue weighted by atomic mass is 19.2. The largest absolute Gasteiger partial charge is 0.385 e. The van der Waals surface area contributed by atoms with Crippen LogP contribution in [0.2, 0.25) is 0 Å².